The summed E-state index contributed by atoms with van der Waals surface area (Å²) in [6.45, 7) is 1.52. The highest BCUT2D eigenvalue weighted by atomic mass is 35.5. The molecule has 0 radical (unpaired) electrons. The predicted octanol–water partition coefficient (Wildman–Crippen LogP) is 2.65. The SMILES string of the molecule is CCOC(=O)CC(NC(=O)c1cc(Cl)c(OCC(N)=O)c(OC)c1)c1cccc(OC)c1. The summed E-state index contributed by atoms with van der Waals surface area (Å²) in [5, 5.41) is 2.87. The van der Waals surface area contributed by atoms with E-state index in [1.54, 1.807) is 31.2 Å². The van der Waals surface area contributed by atoms with Gasteiger partial charge >= 0.3 is 5.97 Å². The third-order valence-corrected chi connectivity index (χ3v) is 4.61. The number of benzene rings is 2. The van der Waals surface area contributed by atoms with E-state index < -0.39 is 30.4 Å². The summed E-state index contributed by atoms with van der Waals surface area (Å²) in [6.07, 6.45) is -0.0859. The fourth-order valence-corrected chi connectivity index (χ4v) is 3.14. The lowest BCUT2D eigenvalue weighted by atomic mass is 10.0. The average molecular weight is 465 g/mol. The van der Waals surface area contributed by atoms with Gasteiger partial charge in [-0.25, -0.2) is 0 Å². The minimum absolute atomic E-state index is 0.0547. The van der Waals surface area contributed by atoms with Crippen LogP contribution in [0, 0.1) is 0 Å². The van der Waals surface area contributed by atoms with Crippen LogP contribution in [0.4, 0.5) is 0 Å². The Morgan fingerprint density at radius 3 is 2.50 bits per heavy atom. The number of methoxy groups -OCH3 is 2. The molecule has 1 atom stereocenters. The molecule has 10 heteroatoms. The third kappa shape index (κ3) is 6.78. The first-order chi connectivity index (χ1) is 15.3. The smallest absolute Gasteiger partial charge is 0.308 e. The van der Waals surface area contributed by atoms with Crippen molar-refractivity contribution in [3.63, 3.8) is 0 Å². The molecule has 0 saturated carbocycles. The van der Waals surface area contributed by atoms with E-state index in [0.717, 1.165) is 0 Å². The highest BCUT2D eigenvalue weighted by Crippen LogP contribution is 2.36. The van der Waals surface area contributed by atoms with Gasteiger partial charge in [-0.05, 0) is 36.8 Å². The zero-order valence-electron chi connectivity index (χ0n) is 18.0. The third-order valence-electron chi connectivity index (χ3n) is 4.33. The molecule has 2 rings (SSSR count). The molecule has 0 heterocycles. The Hall–Kier alpha value is -3.46. The molecule has 0 aliphatic heterocycles. The van der Waals surface area contributed by atoms with Crippen molar-refractivity contribution in [1.82, 2.24) is 5.32 Å². The van der Waals surface area contributed by atoms with E-state index in [-0.39, 0.29) is 35.1 Å². The van der Waals surface area contributed by atoms with Crippen LogP contribution in [0.15, 0.2) is 36.4 Å². The normalized spacial score (nSPS) is 11.2. The lowest BCUT2D eigenvalue weighted by Crippen LogP contribution is -2.30. The molecule has 2 aromatic rings. The van der Waals surface area contributed by atoms with Gasteiger partial charge in [0.2, 0.25) is 0 Å². The van der Waals surface area contributed by atoms with E-state index in [2.05, 4.69) is 5.32 Å². The first kappa shape index (κ1) is 24.8. The number of primary amides is 1. The van der Waals surface area contributed by atoms with Crippen molar-refractivity contribution in [3.8, 4) is 17.2 Å². The number of hydrogen-bond acceptors (Lipinski definition) is 7. The summed E-state index contributed by atoms with van der Waals surface area (Å²) in [6, 6.07) is 9.07. The van der Waals surface area contributed by atoms with Gasteiger partial charge in [-0.3, -0.25) is 14.4 Å². The lowest BCUT2D eigenvalue weighted by molar-refractivity contribution is -0.143. The molecule has 0 fully saturated rings. The first-order valence-electron chi connectivity index (χ1n) is 9.68. The predicted molar refractivity (Wildman–Crippen MR) is 117 cm³/mol. The summed E-state index contributed by atoms with van der Waals surface area (Å²) in [5.74, 6) is -0.862. The summed E-state index contributed by atoms with van der Waals surface area (Å²) in [4.78, 5) is 36.1. The fourth-order valence-electron chi connectivity index (χ4n) is 2.87. The van der Waals surface area contributed by atoms with E-state index in [0.29, 0.717) is 11.3 Å². The molecule has 1 unspecified atom stereocenters. The Morgan fingerprint density at radius 1 is 1.12 bits per heavy atom. The van der Waals surface area contributed by atoms with Crippen LogP contribution in [0.2, 0.25) is 5.02 Å². The standard InChI is InChI=1S/C22H25ClN2O7/c1-4-31-20(27)11-17(13-6-5-7-15(8-13)29-2)25-22(28)14-9-16(23)21(18(10-14)30-3)32-12-19(24)26/h5-10,17H,4,11-12H2,1-3H3,(H2,24,26)(H,25,28). The van der Waals surface area contributed by atoms with Crippen LogP contribution >= 0.6 is 11.6 Å². The van der Waals surface area contributed by atoms with Gasteiger partial charge in [0.1, 0.15) is 5.75 Å². The Bertz CT molecular complexity index is 981. The van der Waals surface area contributed by atoms with E-state index >= 15 is 0 Å². The van der Waals surface area contributed by atoms with Crippen LogP contribution in [0.5, 0.6) is 17.2 Å². The highest BCUT2D eigenvalue weighted by molar-refractivity contribution is 6.32. The molecule has 0 bridgehead atoms. The zero-order chi connectivity index (χ0) is 23.7. The van der Waals surface area contributed by atoms with Gasteiger partial charge in [0, 0.05) is 5.56 Å². The number of halogens is 1. The second-order valence-corrected chi connectivity index (χ2v) is 6.96. The molecular formula is C22H25ClN2O7. The van der Waals surface area contributed by atoms with Crippen molar-refractivity contribution in [3.05, 3.63) is 52.5 Å². The number of hydrogen-bond donors (Lipinski definition) is 2. The van der Waals surface area contributed by atoms with E-state index in [9.17, 15) is 14.4 Å². The van der Waals surface area contributed by atoms with Crippen molar-refractivity contribution < 1.29 is 33.3 Å². The number of esters is 1. The number of amides is 2. The molecule has 0 spiro atoms. The van der Waals surface area contributed by atoms with Crippen LogP contribution < -0.4 is 25.3 Å². The number of rotatable bonds is 11. The molecule has 2 aromatic carbocycles. The van der Waals surface area contributed by atoms with Crippen molar-refractivity contribution in [2.75, 3.05) is 27.4 Å². The minimum Gasteiger partial charge on any atom is -0.497 e. The Labute approximate surface area is 190 Å². The quantitative estimate of drug-likeness (QED) is 0.489. The van der Waals surface area contributed by atoms with Crippen molar-refractivity contribution >= 4 is 29.4 Å². The molecule has 0 aliphatic rings. The summed E-state index contributed by atoms with van der Waals surface area (Å²) in [7, 11) is 2.89. The maximum atomic E-state index is 13.0. The maximum Gasteiger partial charge on any atom is 0.308 e. The lowest BCUT2D eigenvalue weighted by Gasteiger charge is -2.20. The minimum atomic E-state index is -0.690. The van der Waals surface area contributed by atoms with Crippen LogP contribution in [0.25, 0.3) is 0 Å². The topological polar surface area (TPSA) is 126 Å². The van der Waals surface area contributed by atoms with Gasteiger partial charge in [0.05, 0.1) is 38.3 Å². The number of carbonyl (C=O) groups is 3. The Balaban J connectivity index is 2.32. The number of nitrogens with one attached hydrogen (secondary N) is 1. The van der Waals surface area contributed by atoms with Gasteiger partial charge in [-0.2, -0.15) is 0 Å². The van der Waals surface area contributed by atoms with E-state index in [1.807, 2.05) is 0 Å². The van der Waals surface area contributed by atoms with Crippen LogP contribution in [-0.4, -0.2) is 45.2 Å². The first-order valence-corrected chi connectivity index (χ1v) is 10.1. The van der Waals surface area contributed by atoms with Crippen molar-refractivity contribution in [2.45, 2.75) is 19.4 Å². The van der Waals surface area contributed by atoms with Gasteiger partial charge in [0.25, 0.3) is 11.8 Å². The molecule has 3 N–H and O–H groups in total. The molecule has 172 valence electrons. The molecule has 0 aromatic heterocycles. The maximum absolute atomic E-state index is 13.0. The largest absolute Gasteiger partial charge is 0.497 e. The molecular weight excluding hydrogens is 440 g/mol. The molecule has 2 amide bonds. The molecule has 32 heavy (non-hydrogen) atoms. The van der Waals surface area contributed by atoms with E-state index in [1.165, 1.54) is 26.4 Å². The second kappa shape index (κ2) is 11.8. The monoisotopic (exact) mass is 464 g/mol. The highest BCUT2D eigenvalue weighted by Gasteiger charge is 2.23. The van der Waals surface area contributed by atoms with Gasteiger partial charge < -0.3 is 30.0 Å². The molecule has 9 nitrogen and oxygen atoms in total. The van der Waals surface area contributed by atoms with Crippen LogP contribution in [-0.2, 0) is 14.3 Å². The molecule has 0 aliphatic carbocycles. The number of carbonyl (C=O) groups excluding carboxylic acids is 3. The zero-order valence-corrected chi connectivity index (χ0v) is 18.7. The van der Waals surface area contributed by atoms with Crippen LogP contribution in [0.3, 0.4) is 0 Å². The van der Waals surface area contributed by atoms with Gasteiger partial charge in [0.15, 0.2) is 18.1 Å². The van der Waals surface area contributed by atoms with Gasteiger partial charge in [-0.15, -0.1) is 0 Å². The number of nitrogens with two attached hydrogens (primary N) is 1. The average Bonchev–Trinajstić information content (AvgIpc) is 2.77. The van der Waals surface area contributed by atoms with Crippen molar-refractivity contribution in [2.24, 2.45) is 5.73 Å². The second-order valence-electron chi connectivity index (χ2n) is 6.56. The number of ether oxygens (including phenoxy) is 4. The fraction of sp³-hybridized carbons (Fsp3) is 0.318. The summed E-state index contributed by atoms with van der Waals surface area (Å²) >= 11 is 6.23. The molecule has 0 saturated heterocycles. The Morgan fingerprint density at radius 2 is 1.88 bits per heavy atom. The Kier molecular flexibility index (Phi) is 9.15. The van der Waals surface area contributed by atoms with E-state index in [4.69, 9.17) is 36.3 Å². The summed E-state index contributed by atoms with van der Waals surface area (Å²) < 4.78 is 20.8. The summed E-state index contributed by atoms with van der Waals surface area (Å²) in [5.41, 5.74) is 5.91. The van der Waals surface area contributed by atoms with Gasteiger partial charge in [-0.1, -0.05) is 23.7 Å². The van der Waals surface area contributed by atoms with Crippen LogP contribution in [0.1, 0.15) is 35.3 Å². The van der Waals surface area contributed by atoms with Crippen molar-refractivity contribution in [1.29, 1.82) is 0 Å².